The third kappa shape index (κ3) is 2.97. The molecule has 6 heteroatoms. The predicted octanol–water partition coefficient (Wildman–Crippen LogP) is 2.79. The van der Waals surface area contributed by atoms with Crippen LogP contribution in [0, 0.1) is 23.7 Å². The van der Waals surface area contributed by atoms with Crippen molar-refractivity contribution in [3.8, 4) is 5.75 Å². The summed E-state index contributed by atoms with van der Waals surface area (Å²) in [6, 6.07) is 5.07. The number of primary amides is 1. The SMILES string of the molecule is Cc1ccc(C(N)=O)c(OCC(=O)N/N=C2\CC3CCC2(C)C3(C)C)c1. The summed E-state index contributed by atoms with van der Waals surface area (Å²) in [7, 11) is 0. The van der Waals surface area contributed by atoms with Gasteiger partial charge in [-0.05, 0) is 55.2 Å². The molecule has 2 atom stereocenters. The van der Waals surface area contributed by atoms with Crippen molar-refractivity contribution in [2.45, 2.75) is 47.0 Å². The molecule has 140 valence electrons. The van der Waals surface area contributed by atoms with Gasteiger partial charge in [-0.15, -0.1) is 0 Å². The first-order valence-electron chi connectivity index (χ1n) is 9.04. The Balaban J connectivity index is 1.63. The number of fused-ring (bicyclic) bond motifs is 2. The number of rotatable bonds is 5. The molecule has 2 saturated carbocycles. The summed E-state index contributed by atoms with van der Waals surface area (Å²) < 4.78 is 5.50. The Kier molecular flexibility index (Phi) is 4.54. The molecule has 2 aliphatic carbocycles. The van der Waals surface area contributed by atoms with Crippen molar-refractivity contribution in [1.82, 2.24) is 5.43 Å². The molecule has 2 bridgehead atoms. The lowest BCUT2D eigenvalue weighted by atomic mass is 9.70. The maximum absolute atomic E-state index is 12.2. The zero-order valence-corrected chi connectivity index (χ0v) is 15.9. The van der Waals surface area contributed by atoms with Gasteiger partial charge in [-0.1, -0.05) is 26.8 Å². The number of carbonyl (C=O) groups excluding carboxylic acids is 2. The molecule has 3 rings (SSSR count). The molecule has 6 nitrogen and oxygen atoms in total. The van der Waals surface area contributed by atoms with E-state index in [1.54, 1.807) is 18.2 Å². The number of ether oxygens (including phenoxy) is 1. The number of nitrogens with one attached hydrogen (secondary N) is 1. The van der Waals surface area contributed by atoms with E-state index in [4.69, 9.17) is 10.5 Å². The van der Waals surface area contributed by atoms with Crippen molar-refractivity contribution < 1.29 is 14.3 Å². The van der Waals surface area contributed by atoms with E-state index >= 15 is 0 Å². The first kappa shape index (κ1) is 18.4. The first-order valence-corrected chi connectivity index (χ1v) is 9.04. The molecular formula is C20H27N3O3. The van der Waals surface area contributed by atoms with Crippen molar-refractivity contribution >= 4 is 17.5 Å². The molecule has 2 aliphatic rings. The number of hydrazone groups is 1. The Labute approximate surface area is 154 Å². The third-order valence-electron chi connectivity index (χ3n) is 6.59. The van der Waals surface area contributed by atoms with Gasteiger partial charge in [0, 0.05) is 11.1 Å². The summed E-state index contributed by atoms with van der Waals surface area (Å²) in [4.78, 5) is 23.6. The summed E-state index contributed by atoms with van der Waals surface area (Å²) in [5.74, 6) is 0.00883. The van der Waals surface area contributed by atoms with Crippen LogP contribution in [-0.2, 0) is 4.79 Å². The highest BCUT2D eigenvalue weighted by atomic mass is 16.5. The lowest BCUT2D eigenvalue weighted by Gasteiger charge is -2.34. The number of hydrogen-bond acceptors (Lipinski definition) is 4. The number of nitrogens with zero attached hydrogens (tertiary/aromatic N) is 1. The van der Waals surface area contributed by atoms with Crippen LogP contribution in [0.2, 0.25) is 0 Å². The summed E-state index contributed by atoms with van der Waals surface area (Å²) in [5.41, 5.74) is 10.5. The van der Waals surface area contributed by atoms with Crippen LogP contribution in [0.15, 0.2) is 23.3 Å². The molecule has 0 saturated heterocycles. The number of carbonyl (C=O) groups is 2. The van der Waals surface area contributed by atoms with E-state index < -0.39 is 5.91 Å². The van der Waals surface area contributed by atoms with Gasteiger partial charge in [-0.3, -0.25) is 9.59 Å². The second-order valence-corrected chi connectivity index (χ2v) is 8.24. The average Bonchev–Trinajstić information content (AvgIpc) is 2.91. The predicted molar refractivity (Wildman–Crippen MR) is 100.0 cm³/mol. The van der Waals surface area contributed by atoms with Gasteiger partial charge in [-0.25, -0.2) is 5.43 Å². The van der Waals surface area contributed by atoms with Crippen LogP contribution in [0.25, 0.3) is 0 Å². The highest BCUT2D eigenvalue weighted by Gasteiger charge is 2.60. The van der Waals surface area contributed by atoms with Crippen molar-refractivity contribution in [2.24, 2.45) is 27.6 Å². The molecular weight excluding hydrogens is 330 g/mol. The zero-order chi connectivity index (χ0) is 19.1. The number of amides is 2. The molecule has 0 radical (unpaired) electrons. The zero-order valence-electron chi connectivity index (χ0n) is 15.9. The average molecular weight is 357 g/mol. The second kappa shape index (κ2) is 6.41. The van der Waals surface area contributed by atoms with Crippen molar-refractivity contribution in [2.75, 3.05) is 6.61 Å². The normalized spacial score (nSPS) is 27.5. The van der Waals surface area contributed by atoms with Crippen LogP contribution in [-0.4, -0.2) is 24.1 Å². The van der Waals surface area contributed by atoms with E-state index in [1.165, 1.54) is 6.42 Å². The highest BCUT2D eigenvalue weighted by molar-refractivity contribution is 5.96. The smallest absolute Gasteiger partial charge is 0.277 e. The largest absolute Gasteiger partial charge is 0.483 e. The van der Waals surface area contributed by atoms with Crippen LogP contribution < -0.4 is 15.9 Å². The Bertz CT molecular complexity index is 785. The van der Waals surface area contributed by atoms with Gasteiger partial charge in [0.15, 0.2) is 6.61 Å². The quantitative estimate of drug-likeness (QED) is 0.794. The Morgan fingerprint density at radius 2 is 2.08 bits per heavy atom. The molecule has 2 amide bonds. The minimum absolute atomic E-state index is 0.0431. The maximum Gasteiger partial charge on any atom is 0.277 e. The fourth-order valence-electron chi connectivity index (χ4n) is 4.36. The van der Waals surface area contributed by atoms with E-state index in [-0.39, 0.29) is 28.9 Å². The molecule has 26 heavy (non-hydrogen) atoms. The highest BCUT2D eigenvalue weighted by Crippen LogP contribution is 2.63. The fourth-order valence-corrected chi connectivity index (χ4v) is 4.36. The van der Waals surface area contributed by atoms with Crippen LogP contribution >= 0.6 is 0 Å². The van der Waals surface area contributed by atoms with Gasteiger partial charge in [0.1, 0.15) is 5.75 Å². The van der Waals surface area contributed by atoms with Crippen molar-refractivity contribution in [1.29, 1.82) is 0 Å². The fraction of sp³-hybridized carbons (Fsp3) is 0.550. The van der Waals surface area contributed by atoms with Gasteiger partial charge in [0.2, 0.25) is 0 Å². The number of hydrogen-bond donors (Lipinski definition) is 2. The third-order valence-corrected chi connectivity index (χ3v) is 6.59. The van der Waals surface area contributed by atoms with Crippen molar-refractivity contribution in [3.05, 3.63) is 29.3 Å². The Hall–Kier alpha value is -2.37. The summed E-state index contributed by atoms with van der Waals surface area (Å²) in [5, 5.41) is 4.41. The molecule has 0 heterocycles. The van der Waals surface area contributed by atoms with Crippen molar-refractivity contribution in [3.63, 3.8) is 0 Å². The van der Waals surface area contributed by atoms with Gasteiger partial charge in [0.05, 0.1) is 5.56 Å². The van der Waals surface area contributed by atoms with Crippen LogP contribution in [0.4, 0.5) is 0 Å². The topological polar surface area (TPSA) is 93.8 Å². The molecule has 2 unspecified atom stereocenters. The number of nitrogens with two attached hydrogens (primary N) is 1. The molecule has 2 fully saturated rings. The number of aryl methyl sites for hydroxylation is 1. The second-order valence-electron chi connectivity index (χ2n) is 8.24. The molecule has 0 aliphatic heterocycles. The van der Waals surface area contributed by atoms with Gasteiger partial charge in [0.25, 0.3) is 11.8 Å². The molecule has 0 aromatic heterocycles. The molecule has 1 aromatic carbocycles. The van der Waals surface area contributed by atoms with Crippen LogP contribution in [0.1, 0.15) is 56.0 Å². The first-order chi connectivity index (χ1) is 12.1. The van der Waals surface area contributed by atoms with Crippen LogP contribution in [0.3, 0.4) is 0 Å². The van der Waals surface area contributed by atoms with E-state index in [1.807, 2.05) is 6.92 Å². The summed E-state index contributed by atoms with van der Waals surface area (Å²) in [6.07, 6.45) is 3.28. The minimum atomic E-state index is -0.585. The van der Waals surface area contributed by atoms with E-state index in [9.17, 15) is 9.59 Å². The van der Waals surface area contributed by atoms with Crippen LogP contribution in [0.5, 0.6) is 5.75 Å². The van der Waals surface area contributed by atoms with E-state index in [0.29, 0.717) is 11.7 Å². The van der Waals surface area contributed by atoms with E-state index in [0.717, 1.165) is 24.1 Å². The Morgan fingerprint density at radius 3 is 2.65 bits per heavy atom. The summed E-state index contributed by atoms with van der Waals surface area (Å²) >= 11 is 0. The standard InChI is InChI=1S/C20H27N3O3/c1-12-5-6-14(18(21)25)15(9-12)26-11-17(24)23-22-16-10-13-7-8-20(16,4)19(13,2)3/h5-6,9,13H,7-8,10-11H2,1-4H3,(H2,21,25)(H,23,24)/b22-16+. The monoisotopic (exact) mass is 357 g/mol. The summed E-state index contributed by atoms with van der Waals surface area (Å²) in [6.45, 7) is 8.49. The van der Waals surface area contributed by atoms with E-state index in [2.05, 4.69) is 31.3 Å². The van der Waals surface area contributed by atoms with Gasteiger partial charge < -0.3 is 10.5 Å². The minimum Gasteiger partial charge on any atom is -0.483 e. The maximum atomic E-state index is 12.2. The Morgan fingerprint density at radius 1 is 1.35 bits per heavy atom. The molecule has 3 N–H and O–H groups in total. The number of benzene rings is 1. The molecule has 0 spiro atoms. The molecule has 1 aromatic rings. The van der Waals surface area contributed by atoms with Gasteiger partial charge >= 0.3 is 0 Å². The van der Waals surface area contributed by atoms with Gasteiger partial charge in [-0.2, -0.15) is 5.10 Å². The lowest BCUT2D eigenvalue weighted by Crippen LogP contribution is -2.35. The lowest BCUT2D eigenvalue weighted by molar-refractivity contribution is -0.123.